The highest BCUT2D eigenvalue weighted by atomic mass is 79.9. The third kappa shape index (κ3) is 3.13. The van der Waals surface area contributed by atoms with Crippen LogP contribution >= 0.6 is 15.9 Å². The van der Waals surface area contributed by atoms with Crippen molar-refractivity contribution in [3.63, 3.8) is 0 Å². The Kier molecular flexibility index (Phi) is 3.67. The summed E-state index contributed by atoms with van der Waals surface area (Å²) in [5, 5.41) is 0. The molecule has 1 rings (SSSR count). The highest BCUT2D eigenvalue weighted by molar-refractivity contribution is 9.10. The number of sulfonamides is 1. The maximum Gasteiger partial charge on any atom is 0.355 e. The Morgan fingerprint density at radius 2 is 2.00 bits per heavy atom. The summed E-state index contributed by atoms with van der Waals surface area (Å²) in [5.41, 5.74) is 0.715. The molecule has 0 saturated heterocycles. The Morgan fingerprint density at radius 1 is 1.40 bits per heavy atom. The number of aryl methyl sites for hydroxylation is 1. The number of anilines is 1. The van der Waals surface area contributed by atoms with E-state index in [9.17, 15) is 17.2 Å². The van der Waals surface area contributed by atoms with E-state index in [4.69, 9.17) is 0 Å². The summed E-state index contributed by atoms with van der Waals surface area (Å²) in [7, 11) is -4.59. The van der Waals surface area contributed by atoms with Gasteiger partial charge in [-0.05, 0) is 30.7 Å². The van der Waals surface area contributed by atoms with E-state index >= 15 is 0 Å². The molecule has 0 atom stereocenters. The van der Waals surface area contributed by atoms with Gasteiger partial charge in [-0.2, -0.15) is 8.78 Å². The molecular weight excluding hydrogens is 292 g/mol. The van der Waals surface area contributed by atoms with Gasteiger partial charge in [0.25, 0.3) is 10.0 Å². The molecule has 0 saturated carbocycles. The third-order valence-electron chi connectivity index (χ3n) is 1.68. The maximum atomic E-state index is 12.0. The Labute approximate surface area is 94.7 Å². The summed E-state index contributed by atoms with van der Waals surface area (Å²) < 4.78 is 48.4. The van der Waals surface area contributed by atoms with Crippen molar-refractivity contribution in [2.24, 2.45) is 0 Å². The predicted molar refractivity (Wildman–Crippen MR) is 57.4 cm³/mol. The first-order chi connectivity index (χ1) is 6.83. The molecule has 1 N–H and O–H groups in total. The largest absolute Gasteiger partial charge is 0.355 e. The number of rotatable bonds is 3. The van der Waals surface area contributed by atoms with Crippen molar-refractivity contribution in [1.82, 2.24) is 0 Å². The van der Waals surface area contributed by atoms with Gasteiger partial charge in [0.2, 0.25) is 0 Å². The molecule has 0 radical (unpaired) electrons. The molecule has 0 aliphatic carbocycles. The van der Waals surface area contributed by atoms with E-state index < -0.39 is 15.8 Å². The van der Waals surface area contributed by atoms with Crippen LogP contribution in [0.25, 0.3) is 0 Å². The number of nitrogens with one attached hydrogen (secondary N) is 1. The maximum absolute atomic E-state index is 12.0. The quantitative estimate of drug-likeness (QED) is 0.933. The van der Waals surface area contributed by atoms with Crippen molar-refractivity contribution in [2.45, 2.75) is 12.7 Å². The normalized spacial score (nSPS) is 11.8. The van der Waals surface area contributed by atoms with Crippen LogP contribution in [-0.2, 0) is 10.0 Å². The van der Waals surface area contributed by atoms with Crippen LogP contribution in [-0.4, -0.2) is 14.2 Å². The van der Waals surface area contributed by atoms with Crippen LogP contribution in [0.3, 0.4) is 0 Å². The summed E-state index contributed by atoms with van der Waals surface area (Å²) in [6.07, 6.45) is 0. The lowest BCUT2D eigenvalue weighted by atomic mass is 10.2. The average Bonchev–Trinajstić information content (AvgIpc) is 2.09. The summed E-state index contributed by atoms with van der Waals surface area (Å²) >= 11 is 3.18. The summed E-state index contributed by atoms with van der Waals surface area (Å²) in [4.78, 5) is 0. The lowest BCUT2D eigenvalue weighted by Gasteiger charge is -2.09. The summed E-state index contributed by atoms with van der Waals surface area (Å²) in [5.74, 6) is -3.43. The van der Waals surface area contributed by atoms with Crippen molar-refractivity contribution in [3.05, 3.63) is 28.2 Å². The molecule has 0 aromatic heterocycles. The summed E-state index contributed by atoms with van der Waals surface area (Å²) in [6.45, 7) is 1.62. The fourth-order valence-electron chi connectivity index (χ4n) is 0.939. The zero-order chi connectivity index (χ0) is 11.6. The Bertz CT molecular complexity index is 462. The minimum Gasteiger partial charge on any atom is -0.279 e. The van der Waals surface area contributed by atoms with Gasteiger partial charge in [-0.3, -0.25) is 4.72 Å². The van der Waals surface area contributed by atoms with Gasteiger partial charge >= 0.3 is 5.76 Å². The van der Waals surface area contributed by atoms with Crippen LogP contribution in [0, 0.1) is 6.92 Å². The van der Waals surface area contributed by atoms with Crippen molar-refractivity contribution >= 4 is 31.6 Å². The van der Waals surface area contributed by atoms with Crippen molar-refractivity contribution in [3.8, 4) is 0 Å². The van der Waals surface area contributed by atoms with Crippen molar-refractivity contribution < 1.29 is 17.2 Å². The first-order valence-corrected chi connectivity index (χ1v) is 6.23. The molecular formula is C8H8BrF2NO2S. The topological polar surface area (TPSA) is 46.2 Å². The SMILES string of the molecule is Cc1cc(Br)ccc1NS(=O)(=O)C(F)F. The number of hydrogen-bond donors (Lipinski definition) is 1. The molecule has 3 nitrogen and oxygen atoms in total. The van der Waals surface area contributed by atoms with E-state index in [1.165, 1.54) is 6.07 Å². The zero-order valence-corrected chi connectivity index (χ0v) is 10.1. The predicted octanol–water partition coefficient (Wildman–Crippen LogP) is 2.72. The second kappa shape index (κ2) is 4.44. The summed E-state index contributed by atoms with van der Waals surface area (Å²) in [6, 6.07) is 4.61. The Balaban J connectivity index is 3.01. The Morgan fingerprint density at radius 3 is 2.47 bits per heavy atom. The minimum atomic E-state index is -4.59. The molecule has 84 valence electrons. The first kappa shape index (κ1) is 12.4. The van der Waals surface area contributed by atoms with Gasteiger partial charge in [0, 0.05) is 4.47 Å². The minimum absolute atomic E-state index is 0.151. The molecule has 0 fully saturated rings. The van der Waals surface area contributed by atoms with Crippen LogP contribution in [0.15, 0.2) is 22.7 Å². The van der Waals surface area contributed by atoms with Crippen LogP contribution in [0.1, 0.15) is 5.56 Å². The molecule has 0 aliphatic rings. The van der Waals surface area contributed by atoms with Gasteiger partial charge in [0.15, 0.2) is 0 Å². The van der Waals surface area contributed by atoms with Gasteiger partial charge in [0.1, 0.15) is 0 Å². The molecule has 7 heteroatoms. The van der Waals surface area contributed by atoms with Gasteiger partial charge in [-0.15, -0.1) is 0 Å². The van der Waals surface area contributed by atoms with Crippen LogP contribution in [0.2, 0.25) is 0 Å². The van der Waals surface area contributed by atoms with E-state index in [-0.39, 0.29) is 5.69 Å². The van der Waals surface area contributed by atoms with Gasteiger partial charge < -0.3 is 0 Å². The zero-order valence-electron chi connectivity index (χ0n) is 7.67. The van der Waals surface area contributed by atoms with Gasteiger partial charge in [0.05, 0.1) is 5.69 Å². The van der Waals surface area contributed by atoms with Gasteiger partial charge in [-0.1, -0.05) is 15.9 Å². The smallest absolute Gasteiger partial charge is 0.279 e. The molecule has 0 heterocycles. The number of hydrogen-bond acceptors (Lipinski definition) is 2. The molecule has 0 unspecified atom stereocenters. The lowest BCUT2D eigenvalue weighted by Crippen LogP contribution is -2.20. The van der Waals surface area contributed by atoms with Crippen molar-refractivity contribution in [1.29, 1.82) is 0 Å². The van der Waals surface area contributed by atoms with E-state index in [0.29, 0.717) is 5.56 Å². The second-order valence-corrected chi connectivity index (χ2v) is 5.43. The van der Waals surface area contributed by atoms with E-state index in [1.807, 2.05) is 4.72 Å². The monoisotopic (exact) mass is 299 g/mol. The molecule has 0 aliphatic heterocycles. The van der Waals surface area contributed by atoms with Crippen LogP contribution < -0.4 is 4.72 Å². The van der Waals surface area contributed by atoms with Crippen LogP contribution in [0.5, 0.6) is 0 Å². The van der Waals surface area contributed by atoms with E-state index in [2.05, 4.69) is 15.9 Å². The Hall–Kier alpha value is -0.690. The molecule has 15 heavy (non-hydrogen) atoms. The number of alkyl halides is 2. The first-order valence-electron chi connectivity index (χ1n) is 3.89. The second-order valence-electron chi connectivity index (χ2n) is 2.87. The van der Waals surface area contributed by atoms with Crippen LogP contribution in [0.4, 0.5) is 14.5 Å². The molecule has 0 amide bonds. The third-order valence-corrected chi connectivity index (χ3v) is 3.14. The van der Waals surface area contributed by atoms with Gasteiger partial charge in [-0.25, -0.2) is 8.42 Å². The molecule has 1 aromatic carbocycles. The fraction of sp³-hybridized carbons (Fsp3) is 0.250. The molecule has 0 spiro atoms. The highest BCUT2D eigenvalue weighted by Crippen LogP contribution is 2.22. The molecule has 1 aromatic rings. The number of halogens is 3. The lowest BCUT2D eigenvalue weighted by molar-refractivity contribution is 0.236. The van der Waals surface area contributed by atoms with E-state index in [0.717, 1.165) is 4.47 Å². The number of benzene rings is 1. The molecule has 0 bridgehead atoms. The standard InChI is InChI=1S/C8H8BrF2NO2S/c1-5-4-6(9)2-3-7(5)12-15(13,14)8(10)11/h2-4,8,12H,1H3. The van der Waals surface area contributed by atoms with Crippen molar-refractivity contribution in [2.75, 3.05) is 4.72 Å². The fourth-order valence-corrected chi connectivity index (χ4v) is 2.04. The van der Waals surface area contributed by atoms with E-state index in [1.54, 1.807) is 19.1 Å². The highest BCUT2D eigenvalue weighted by Gasteiger charge is 2.24. The average molecular weight is 300 g/mol.